The van der Waals surface area contributed by atoms with E-state index < -0.39 is 35.5 Å². The molecule has 2 atom stereocenters. The van der Waals surface area contributed by atoms with Crippen LogP contribution in [0.5, 0.6) is 17.2 Å². The van der Waals surface area contributed by atoms with E-state index in [9.17, 15) is 18.7 Å². The number of aromatic hydroxyl groups is 1. The van der Waals surface area contributed by atoms with E-state index >= 15 is 0 Å². The first-order valence-electron chi connectivity index (χ1n) is 12.8. The Labute approximate surface area is 230 Å². The molecule has 212 valence electrons. The highest BCUT2D eigenvalue weighted by Gasteiger charge is 2.31. The zero-order valence-electron chi connectivity index (χ0n) is 22.5. The van der Waals surface area contributed by atoms with Crippen molar-refractivity contribution >= 4 is 16.9 Å². The van der Waals surface area contributed by atoms with Gasteiger partial charge in [0.25, 0.3) is 0 Å². The van der Waals surface area contributed by atoms with Crippen LogP contribution in [0.1, 0.15) is 34.0 Å². The maximum Gasteiger partial charge on any atom is 0.346 e. The van der Waals surface area contributed by atoms with E-state index in [0.717, 1.165) is 18.1 Å². The quantitative estimate of drug-likeness (QED) is 0.212. The third-order valence-corrected chi connectivity index (χ3v) is 6.61. The summed E-state index contributed by atoms with van der Waals surface area (Å²) >= 11 is 0. The van der Waals surface area contributed by atoms with Gasteiger partial charge in [0.2, 0.25) is 5.75 Å². The number of aryl methyl sites for hydroxylation is 1. The maximum atomic E-state index is 13.8. The van der Waals surface area contributed by atoms with Crippen LogP contribution in [-0.4, -0.2) is 44.0 Å². The molecule has 8 nitrogen and oxygen atoms in total. The van der Waals surface area contributed by atoms with E-state index in [1.165, 1.54) is 38.2 Å². The lowest BCUT2D eigenvalue weighted by molar-refractivity contribution is 0.0231. The van der Waals surface area contributed by atoms with Gasteiger partial charge in [-0.3, -0.25) is 0 Å². The minimum atomic E-state index is -0.955. The molecule has 0 aliphatic rings. The van der Waals surface area contributed by atoms with Crippen LogP contribution in [-0.2, 0) is 24.1 Å². The van der Waals surface area contributed by atoms with Gasteiger partial charge in [0.1, 0.15) is 29.1 Å². The number of methoxy groups -OCH3 is 2. The van der Waals surface area contributed by atoms with Gasteiger partial charge in [0, 0.05) is 25.2 Å². The van der Waals surface area contributed by atoms with Gasteiger partial charge >= 0.3 is 5.97 Å². The van der Waals surface area contributed by atoms with Crippen molar-refractivity contribution in [1.82, 2.24) is 5.32 Å². The monoisotopic (exact) mass is 554 g/mol. The number of nitrogens with two attached hydrogens (primary N) is 1. The molecule has 4 rings (SSSR count). The summed E-state index contributed by atoms with van der Waals surface area (Å²) in [6.45, 7) is 2.65. The average Bonchev–Trinajstić information content (AvgIpc) is 3.40. The van der Waals surface area contributed by atoms with Gasteiger partial charge in [-0.05, 0) is 47.7 Å². The molecule has 0 radical (unpaired) electrons. The zero-order valence-corrected chi connectivity index (χ0v) is 22.5. The first-order valence-corrected chi connectivity index (χ1v) is 12.8. The topological polar surface area (TPSA) is 116 Å². The van der Waals surface area contributed by atoms with Crippen molar-refractivity contribution in [2.45, 2.75) is 38.5 Å². The fourth-order valence-electron chi connectivity index (χ4n) is 4.65. The summed E-state index contributed by atoms with van der Waals surface area (Å²) in [6.07, 6.45) is 1.33. The van der Waals surface area contributed by atoms with Crippen molar-refractivity contribution < 1.29 is 37.3 Å². The highest BCUT2D eigenvalue weighted by atomic mass is 19.1. The molecule has 4 N–H and O–H groups in total. The Hall–Kier alpha value is -4.15. The molecule has 1 aromatic heterocycles. The van der Waals surface area contributed by atoms with E-state index in [4.69, 9.17) is 24.4 Å². The number of hydrogen-bond donors (Lipinski definition) is 3. The van der Waals surface area contributed by atoms with Crippen LogP contribution < -0.4 is 20.5 Å². The number of phenols is 1. The molecular weight excluding hydrogens is 522 g/mol. The lowest BCUT2D eigenvalue weighted by atomic mass is 10.0. The number of rotatable bonds is 12. The molecule has 3 aromatic carbocycles. The number of carbonyl (C=O) groups excluding carboxylic acids is 1. The summed E-state index contributed by atoms with van der Waals surface area (Å²) in [6, 6.07) is 11.9. The minimum absolute atomic E-state index is 0.0207. The van der Waals surface area contributed by atoms with Crippen LogP contribution in [0.25, 0.3) is 11.0 Å². The molecular formula is C30H32F2N2O6. The molecule has 0 bridgehead atoms. The molecule has 10 heteroatoms. The number of ether oxygens (including phenoxy) is 3. The molecule has 0 saturated heterocycles. The predicted molar refractivity (Wildman–Crippen MR) is 146 cm³/mol. The van der Waals surface area contributed by atoms with E-state index in [1.54, 1.807) is 6.07 Å². The normalized spacial score (nSPS) is 12.8. The summed E-state index contributed by atoms with van der Waals surface area (Å²) in [5, 5.41) is 14.6. The summed E-state index contributed by atoms with van der Waals surface area (Å²) in [7, 11) is 2.67. The fraction of sp³-hybridized carbons (Fsp3) is 0.300. The predicted octanol–water partition coefficient (Wildman–Crippen LogP) is 4.88. The standard InChI is InChI=1S/C30H32F2N2O6/c1-4-17-6-5-7-18(10-17)15-34-16-24(23(33)13-19-11-20(31)14-21(32)12-19)40-30(36)25-26(35)29(38-3)28-22(8-9-39-28)27(25)37-2/h5-12,14,23-24,34-35H,4,13,15-16,33H2,1-3H3. The summed E-state index contributed by atoms with van der Waals surface area (Å²) in [5.41, 5.74) is 8.89. The van der Waals surface area contributed by atoms with Crippen molar-refractivity contribution in [3.05, 3.63) is 88.7 Å². The number of carbonyl (C=O) groups is 1. The summed E-state index contributed by atoms with van der Waals surface area (Å²) < 4.78 is 49.6. The van der Waals surface area contributed by atoms with Gasteiger partial charge in [-0.2, -0.15) is 0 Å². The highest BCUT2D eigenvalue weighted by Crippen LogP contribution is 2.46. The number of nitrogens with one attached hydrogen (secondary N) is 1. The lowest BCUT2D eigenvalue weighted by Gasteiger charge is -2.25. The number of furan rings is 1. The van der Waals surface area contributed by atoms with Crippen LogP contribution >= 0.6 is 0 Å². The molecule has 4 aromatic rings. The zero-order chi connectivity index (χ0) is 28.8. The Kier molecular flexibility index (Phi) is 9.23. The van der Waals surface area contributed by atoms with Gasteiger partial charge in [0.15, 0.2) is 11.3 Å². The van der Waals surface area contributed by atoms with Crippen LogP contribution in [0, 0.1) is 11.6 Å². The second-order valence-electron chi connectivity index (χ2n) is 9.35. The Morgan fingerprint density at radius 3 is 2.40 bits per heavy atom. The third kappa shape index (κ3) is 6.35. The smallest absolute Gasteiger partial charge is 0.346 e. The second kappa shape index (κ2) is 12.8. The van der Waals surface area contributed by atoms with Gasteiger partial charge in [0.05, 0.1) is 25.9 Å². The average molecular weight is 555 g/mol. The number of phenolic OH excluding ortho intramolecular Hbond substituents is 1. The highest BCUT2D eigenvalue weighted by molar-refractivity contribution is 6.06. The van der Waals surface area contributed by atoms with Crippen LogP contribution in [0.15, 0.2) is 59.2 Å². The van der Waals surface area contributed by atoms with Gasteiger partial charge in [-0.1, -0.05) is 31.2 Å². The Morgan fingerprint density at radius 2 is 1.73 bits per heavy atom. The SMILES string of the molecule is CCc1cccc(CNCC(OC(=O)c2c(O)c(OC)c3occc3c2OC)C(N)Cc2cc(F)cc(F)c2)c1. The van der Waals surface area contributed by atoms with Crippen molar-refractivity contribution in [3.8, 4) is 17.2 Å². The van der Waals surface area contributed by atoms with Crippen molar-refractivity contribution in [2.24, 2.45) is 5.73 Å². The van der Waals surface area contributed by atoms with E-state index in [2.05, 4.69) is 18.3 Å². The number of esters is 1. The molecule has 1 heterocycles. The molecule has 0 aliphatic carbocycles. The molecule has 0 spiro atoms. The largest absolute Gasteiger partial charge is 0.503 e. The van der Waals surface area contributed by atoms with Gasteiger partial charge in [-0.15, -0.1) is 0 Å². The van der Waals surface area contributed by atoms with Gasteiger partial charge < -0.3 is 34.8 Å². The lowest BCUT2D eigenvalue weighted by Crippen LogP contribution is -2.46. The summed E-state index contributed by atoms with van der Waals surface area (Å²) in [4.78, 5) is 13.5. The second-order valence-corrected chi connectivity index (χ2v) is 9.35. The molecule has 40 heavy (non-hydrogen) atoms. The number of hydrogen-bond acceptors (Lipinski definition) is 8. The molecule has 0 aliphatic heterocycles. The minimum Gasteiger partial charge on any atom is -0.503 e. The van der Waals surface area contributed by atoms with Crippen molar-refractivity contribution in [2.75, 3.05) is 20.8 Å². The Balaban J connectivity index is 1.61. The third-order valence-electron chi connectivity index (χ3n) is 6.61. The molecule has 2 unspecified atom stereocenters. The first kappa shape index (κ1) is 28.8. The van der Waals surface area contributed by atoms with Crippen LogP contribution in [0.2, 0.25) is 0 Å². The van der Waals surface area contributed by atoms with Crippen LogP contribution in [0.4, 0.5) is 8.78 Å². The Morgan fingerprint density at radius 1 is 1.02 bits per heavy atom. The summed E-state index contributed by atoms with van der Waals surface area (Å²) in [5.74, 6) is -2.93. The maximum absolute atomic E-state index is 13.8. The van der Waals surface area contributed by atoms with E-state index in [1.807, 2.05) is 18.2 Å². The van der Waals surface area contributed by atoms with E-state index in [-0.39, 0.29) is 35.6 Å². The van der Waals surface area contributed by atoms with Crippen LogP contribution in [0.3, 0.4) is 0 Å². The number of benzene rings is 3. The molecule has 0 saturated carbocycles. The van der Waals surface area contributed by atoms with Crippen molar-refractivity contribution in [1.29, 1.82) is 0 Å². The fourth-order valence-corrected chi connectivity index (χ4v) is 4.65. The Bertz CT molecular complexity index is 1470. The first-order chi connectivity index (χ1) is 19.2. The van der Waals surface area contributed by atoms with Crippen molar-refractivity contribution in [3.63, 3.8) is 0 Å². The number of fused-ring (bicyclic) bond motifs is 1. The van der Waals surface area contributed by atoms with E-state index in [0.29, 0.717) is 17.5 Å². The van der Waals surface area contributed by atoms with Gasteiger partial charge in [-0.25, -0.2) is 13.6 Å². The molecule has 0 fully saturated rings. The number of halogens is 2. The molecule has 0 amide bonds.